The standard InChI is InChI=1S/2C20H19ClP.8BrH.2Mn/c2*21-16-17-22(18-10-4-1-5-11-18,19-12-6-2-7-13-19)20-14-8-3-9-15-20;;;;;;;;;;/h2*1-15H,16-17H2;8*1H;;/q2*+1;;;;;;;;;2*+3/p-8. The molecular weight excluding hydrogens is 1360 g/mol. The summed E-state index contributed by atoms with van der Waals surface area (Å²) in [4.78, 5) is 0. The molecule has 54 heavy (non-hydrogen) atoms. The molecule has 292 valence electrons. The maximum atomic E-state index is 6.26. The summed E-state index contributed by atoms with van der Waals surface area (Å²) in [6.07, 6.45) is 1.96. The van der Waals surface area contributed by atoms with Gasteiger partial charge in [-0.3, -0.25) is 0 Å². The van der Waals surface area contributed by atoms with Crippen LogP contribution in [0.15, 0.2) is 182 Å². The van der Waals surface area contributed by atoms with Crippen molar-refractivity contribution in [3.8, 4) is 0 Å². The molecule has 6 aromatic carbocycles. The van der Waals surface area contributed by atoms with E-state index in [9.17, 15) is 0 Å². The summed E-state index contributed by atoms with van der Waals surface area (Å²) in [5.74, 6) is 1.32. The molecule has 0 amide bonds. The first-order valence-electron chi connectivity index (χ1n) is 16.1. The van der Waals surface area contributed by atoms with E-state index in [4.69, 9.17) is 23.2 Å². The zero-order valence-electron chi connectivity index (χ0n) is 28.6. The van der Waals surface area contributed by atoms with E-state index in [0.717, 1.165) is 12.3 Å². The molecule has 0 fully saturated rings. The van der Waals surface area contributed by atoms with Crippen molar-refractivity contribution in [2.45, 2.75) is 0 Å². The van der Waals surface area contributed by atoms with Crippen molar-refractivity contribution in [3.63, 3.8) is 0 Å². The molecule has 0 aromatic heterocycles. The van der Waals surface area contributed by atoms with E-state index < -0.39 is 25.8 Å². The molecule has 6 aromatic rings. The first kappa shape index (κ1) is 50.0. The summed E-state index contributed by atoms with van der Waals surface area (Å²) in [7, 11) is -3.37. The first-order valence-corrected chi connectivity index (χ1v) is 44.5. The van der Waals surface area contributed by atoms with Crippen LogP contribution in [-0.4, -0.2) is 24.1 Å². The zero-order chi connectivity index (χ0) is 39.5. The minimum absolute atomic E-state index is 0.659. The van der Waals surface area contributed by atoms with Crippen LogP contribution < -0.4 is 31.8 Å². The van der Waals surface area contributed by atoms with E-state index in [-0.39, 0.29) is 0 Å². The molecule has 0 aliphatic heterocycles. The average Bonchev–Trinajstić information content (AvgIpc) is 3.17. The predicted octanol–water partition coefficient (Wildman–Crippen LogP) is 15.2. The number of rotatable bonds is 10. The molecule has 0 bridgehead atoms. The Kier molecular flexibility index (Phi) is 24.1. The van der Waals surface area contributed by atoms with E-state index in [2.05, 4.69) is 295 Å². The van der Waals surface area contributed by atoms with Crippen LogP contribution in [0.1, 0.15) is 0 Å². The van der Waals surface area contributed by atoms with Gasteiger partial charge in [0.05, 0.1) is 24.1 Å². The molecule has 0 spiro atoms. The third-order valence-electron chi connectivity index (χ3n) is 8.02. The van der Waals surface area contributed by atoms with Crippen molar-refractivity contribution >= 4 is 182 Å². The van der Waals surface area contributed by atoms with Gasteiger partial charge in [0.25, 0.3) is 0 Å². The second kappa shape index (κ2) is 26.1. The SMILES string of the molecule is ClCC[P+](c1ccccc1)(c1ccccc1)c1ccccc1.ClCC[P+](c1ccccc1)(c1ccccc1)c1ccccc1.[Br][Mn-]([Br])([Br])[Br].[Br][Mn-]([Br])([Br])[Br]. The van der Waals surface area contributed by atoms with Gasteiger partial charge in [-0.2, -0.15) is 0 Å². The molecule has 0 atom stereocenters. The molecule has 14 heteroatoms. The van der Waals surface area contributed by atoms with E-state index in [1.807, 2.05) is 0 Å². The van der Waals surface area contributed by atoms with Crippen LogP contribution in [0.5, 0.6) is 0 Å². The van der Waals surface area contributed by atoms with Crippen molar-refractivity contribution in [3.05, 3.63) is 182 Å². The minimum atomic E-state index is -1.69. The van der Waals surface area contributed by atoms with Gasteiger partial charge < -0.3 is 0 Å². The molecule has 0 nitrogen and oxygen atoms in total. The van der Waals surface area contributed by atoms with Gasteiger partial charge in [-0.15, -0.1) is 23.2 Å². The van der Waals surface area contributed by atoms with Gasteiger partial charge in [0.2, 0.25) is 0 Å². The summed E-state index contributed by atoms with van der Waals surface area (Å²) in [6, 6.07) is 65.0. The summed E-state index contributed by atoms with van der Waals surface area (Å²) < 4.78 is 0. The van der Waals surface area contributed by atoms with Crippen LogP contribution in [0.3, 0.4) is 0 Å². The normalized spacial score (nSPS) is 12.0. The fraction of sp³-hybridized carbons (Fsp3) is 0.100. The Labute approximate surface area is 393 Å². The van der Waals surface area contributed by atoms with Gasteiger partial charge in [0.1, 0.15) is 46.4 Å². The Bertz CT molecular complexity index is 1530. The van der Waals surface area contributed by atoms with Crippen molar-refractivity contribution in [1.29, 1.82) is 0 Å². The Morgan fingerprint density at radius 3 is 0.537 bits per heavy atom. The van der Waals surface area contributed by atoms with Gasteiger partial charge in [0, 0.05) is 0 Å². The fourth-order valence-corrected chi connectivity index (χ4v) is 15.5. The van der Waals surface area contributed by atoms with Crippen molar-refractivity contribution in [1.82, 2.24) is 0 Å². The van der Waals surface area contributed by atoms with Gasteiger partial charge in [-0.05, 0) is 72.8 Å². The van der Waals surface area contributed by atoms with Crippen LogP contribution >= 0.6 is 151 Å². The summed E-state index contributed by atoms with van der Waals surface area (Å²) in [5, 5.41) is 8.38. The number of hydrogen-bond donors (Lipinski definition) is 0. The van der Waals surface area contributed by atoms with E-state index in [1.54, 1.807) is 0 Å². The number of benzene rings is 6. The number of alkyl halides is 2. The molecule has 0 aliphatic carbocycles. The van der Waals surface area contributed by atoms with Crippen LogP contribution in [0.4, 0.5) is 0 Å². The average molecular weight is 1400 g/mol. The molecule has 0 heterocycles. The van der Waals surface area contributed by atoms with E-state index in [1.165, 1.54) is 31.8 Å². The molecule has 0 radical (unpaired) electrons. The number of halogens is 10. The molecule has 0 unspecified atom stereocenters. The Hall–Kier alpha value is 1.64. The van der Waals surface area contributed by atoms with Gasteiger partial charge >= 0.3 is 124 Å². The Morgan fingerprint density at radius 2 is 0.426 bits per heavy atom. The van der Waals surface area contributed by atoms with Crippen molar-refractivity contribution in [2.24, 2.45) is 0 Å². The second-order valence-corrected chi connectivity index (χ2v) is 90.6. The zero-order valence-corrected chi connectivity index (χ0v) is 46.9. The number of hydrogen-bond acceptors (Lipinski definition) is 0. The van der Waals surface area contributed by atoms with E-state index >= 15 is 0 Å². The van der Waals surface area contributed by atoms with Crippen LogP contribution in [0, 0.1) is 0 Å². The first-order chi connectivity index (χ1) is 25.8. The van der Waals surface area contributed by atoms with Crippen LogP contribution in [-0.2, 0) is 11.2 Å². The van der Waals surface area contributed by atoms with Crippen molar-refractivity contribution < 1.29 is 11.2 Å². The monoisotopic (exact) mass is 1390 g/mol. The van der Waals surface area contributed by atoms with Gasteiger partial charge in [0.15, 0.2) is 0 Å². The van der Waals surface area contributed by atoms with Gasteiger partial charge in [-0.25, -0.2) is 0 Å². The molecule has 0 saturated carbocycles. The molecule has 0 saturated heterocycles. The third kappa shape index (κ3) is 17.0. The van der Waals surface area contributed by atoms with Crippen molar-refractivity contribution in [2.75, 3.05) is 24.1 Å². The fourth-order valence-electron chi connectivity index (χ4n) is 6.02. The van der Waals surface area contributed by atoms with Gasteiger partial charge in [-0.1, -0.05) is 109 Å². The Morgan fingerprint density at radius 1 is 0.296 bits per heavy atom. The quantitative estimate of drug-likeness (QED) is 0.0728. The summed E-state index contributed by atoms with van der Waals surface area (Å²) in [6.45, 7) is 0. The molecule has 6 rings (SSSR count). The van der Waals surface area contributed by atoms with E-state index in [0.29, 0.717) is 11.8 Å². The predicted molar refractivity (Wildman–Crippen MR) is 273 cm³/mol. The topological polar surface area (TPSA) is 0 Å². The molecular formula is C40H38Br8Cl2Mn2P2. The maximum absolute atomic E-state index is 6.26. The molecule has 0 N–H and O–H groups in total. The molecule has 0 aliphatic rings. The second-order valence-electron chi connectivity index (χ2n) is 11.1. The van der Waals surface area contributed by atoms with Crippen LogP contribution in [0.2, 0.25) is 0 Å². The van der Waals surface area contributed by atoms with Crippen LogP contribution in [0.25, 0.3) is 0 Å². The Balaban J connectivity index is 0.000000233. The summed E-state index contributed by atoms with van der Waals surface area (Å²) >= 11 is 38.7. The third-order valence-corrected chi connectivity index (χ3v) is 17.8. The summed E-state index contributed by atoms with van der Waals surface area (Å²) in [5.41, 5.74) is -2.75.